The summed E-state index contributed by atoms with van der Waals surface area (Å²) in [7, 11) is 0. The van der Waals surface area contributed by atoms with Crippen molar-refractivity contribution in [2.75, 3.05) is 13.1 Å². The average molecular weight is 124 g/mol. The van der Waals surface area contributed by atoms with E-state index in [4.69, 9.17) is 0 Å². The lowest BCUT2D eigenvalue weighted by atomic mass is 9.95. The third-order valence-corrected chi connectivity index (χ3v) is 1.79. The zero-order valence-electron chi connectivity index (χ0n) is 5.77. The highest BCUT2D eigenvalue weighted by Crippen LogP contribution is 2.14. The van der Waals surface area contributed by atoms with Crippen molar-refractivity contribution in [3.8, 4) is 0 Å². The van der Waals surface area contributed by atoms with Crippen LogP contribution in [0.5, 0.6) is 0 Å². The van der Waals surface area contributed by atoms with E-state index in [1.165, 1.54) is 25.9 Å². The summed E-state index contributed by atoms with van der Waals surface area (Å²) in [5.41, 5.74) is 0. The fourth-order valence-corrected chi connectivity index (χ4v) is 1.23. The Labute approximate surface area is 57.1 Å². The molecule has 0 saturated carbocycles. The Morgan fingerprint density at radius 3 is 2.56 bits per heavy atom. The Morgan fingerprint density at radius 2 is 2.00 bits per heavy atom. The SMILES string of the molecule is C=C[CH]C1CCNCC1. The molecule has 0 unspecified atom stereocenters. The molecule has 0 aliphatic carbocycles. The van der Waals surface area contributed by atoms with Crippen molar-refractivity contribution >= 4 is 0 Å². The lowest BCUT2D eigenvalue weighted by molar-refractivity contribution is 0.422. The molecule has 1 rings (SSSR count). The van der Waals surface area contributed by atoms with Crippen molar-refractivity contribution in [2.24, 2.45) is 5.92 Å². The van der Waals surface area contributed by atoms with Crippen molar-refractivity contribution in [1.29, 1.82) is 0 Å². The molecule has 1 heterocycles. The molecule has 0 bridgehead atoms. The maximum absolute atomic E-state index is 3.68. The first-order valence-electron chi connectivity index (χ1n) is 3.60. The molecule has 9 heavy (non-hydrogen) atoms. The molecule has 1 heteroatoms. The predicted octanol–water partition coefficient (Wildman–Crippen LogP) is 1.38. The first-order chi connectivity index (χ1) is 4.43. The van der Waals surface area contributed by atoms with Crippen LogP contribution in [0.15, 0.2) is 12.7 Å². The molecule has 1 fully saturated rings. The maximum Gasteiger partial charge on any atom is -0.00461 e. The van der Waals surface area contributed by atoms with E-state index in [-0.39, 0.29) is 0 Å². The molecule has 0 amide bonds. The second-order valence-electron chi connectivity index (χ2n) is 2.52. The van der Waals surface area contributed by atoms with Gasteiger partial charge in [0.05, 0.1) is 0 Å². The van der Waals surface area contributed by atoms with Crippen LogP contribution in [0.25, 0.3) is 0 Å². The van der Waals surface area contributed by atoms with Gasteiger partial charge in [0.15, 0.2) is 0 Å². The quantitative estimate of drug-likeness (QED) is 0.586. The average Bonchev–Trinajstić information content (AvgIpc) is 1.91. The predicted molar refractivity (Wildman–Crippen MR) is 40.1 cm³/mol. The minimum absolute atomic E-state index is 0.795. The number of allylic oxidation sites excluding steroid dienone is 1. The number of piperidine rings is 1. The van der Waals surface area contributed by atoms with E-state index in [0.29, 0.717) is 0 Å². The van der Waals surface area contributed by atoms with E-state index in [1.54, 1.807) is 0 Å². The minimum atomic E-state index is 0.795. The van der Waals surface area contributed by atoms with Crippen LogP contribution in [0, 0.1) is 12.3 Å². The first-order valence-corrected chi connectivity index (χ1v) is 3.60. The highest BCUT2D eigenvalue weighted by molar-refractivity contribution is 4.93. The number of nitrogens with one attached hydrogen (secondary N) is 1. The molecular weight excluding hydrogens is 110 g/mol. The van der Waals surface area contributed by atoms with E-state index >= 15 is 0 Å². The zero-order valence-corrected chi connectivity index (χ0v) is 5.77. The summed E-state index contributed by atoms with van der Waals surface area (Å²) in [5, 5.41) is 3.32. The molecular formula is C8H14N. The molecule has 1 saturated heterocycles. The Balaban J connectivity index is 2.15. The third-order valence-electron chi connectivity index (χ3n) is 1.79. The Hall–Kier alpha value is -0.300. The van der Waals surface area contributed by atoms with Gasteiger partial charge >= 0.3 is 0 Å². The number of rotatable bonds is 2. The van der Waals surface area contributed by atoms with Gasteiger partial charge in [-0.1, -0.05) is 6.08 Å². The van der Waals surface area contributed by atoms with Crippen LogP contribution in [0.3, 0.4) is 0 Å². The summed E-state index contributed by atoms with van der Waals surface area (Å²) in [6.07, 6.45) is 6.69. The molecule has 1 radical (unpaired) electrons. The van der Waals surface area contributed by atoms with Crippen LogP contribution >= 0.6 is 0 Å². The zero-order chi connectivity index (χ0) is 6.53. The van der Waals surface area contributed by atoms with Gasteiger partial charge in [-0.2, -0.15) is 0 Å². The molecule has 0 aromatic rings. The van der Waals surface area contributed by atoms with Gasteiger partial charge in [-0.3, -0.25) is 0 Å². The van der Waals surface area contributed by atoms with Gasteiger partial charge in [0.2, 0.25) is 0 Å². The van der Waals surface area contributed by atoms with Crippen molar-refractivity contribution in [2.45, 2.75) is 12.8 Å². The Bertz CT molecular complexity index is 82.6. The number of hydrogen-bond acceptors (Lipinski definition) is 1. The van der Waals surface area contributed by atoms with E-state index in [9.17, 15) is 0 Å². The van der Waals surface area contributed by atoms with E-state index in [2.05, 4.69) is 18.3 Å². The van der Waals surface area contributed by atoms with Gasteiger partial charge in [-0.15, -0.1) is 6.58 Å². The molecule has 0 atom stereocenters. The van der Waals surface area contributed by atoms with Crippen molar-refractivity contribution < 1.29 is 0 Å². The van der Waals surface area contributed by atoms with Crippen LogP contribution < -0.4 is 5.32 Å². The van der Waals surface area contributed by atoms with Gasteiger partial charge in [-0.25, -0.2) is 0 Å². The molecule has 1 aliphatic rings. The summed E-state index contributed by atoms with van der Waals surface area (Å²) in [6, 6.07) is 0. The normalized spacial score (nSPS) is 21.8. The lowest BCUT2D eigenvalue weighted by Crippen LogP contribution is -2.27. The number of hydrogen-bond donors (Lipinski definition) is 1. The first kappa shape index (κ1) is 6.81. The fourth-order valence-electron chi connectivity index (χ4n) is 1.23. The summed E-state index contributed by atoms with van der Waals surface area (Å²) >= 11 is 0. The second kappa shape index (κ2) is 3.67. The van der Waals surface area contributed by atoms with Crippen LogP contribution in [0.2, 0.25) is 0 Å². The summed E-state index contributed by atoms with van der Waals surface area (Å²) in [6.45, 7) is 6.03. The van der Waals surface area contributed by atoms with Gasteiger partial charge < -0.3 is 5.32 Å². The van der Waals surface area contributed by atoms with Crippen LogP contribution in [-0.4, -0.2) is 13.1 Å². The lowest BCUT2D eigenvalue weighted by Gasteiger charge is -2.20. The van der Waals surface area contributed by atoms with Crippen LogP contribution in [0.1, 0.15) is 12.8 Å². The van der Waals surface area contributed by atoms with E-state index < -0.39 is 0 Å². The largest absolute Gasteiger partial charge is 0.317 e. The van der Waals surface area contributed by atoms with Gasteiger partial charge in [-0.05, 0) is 38.3 Å². The van der Waals surface area contributed by atoms with E-state index in [1.807, 2.05) is 6.08 Å². The fraction of sp³-hybridized carbons (Fsp3) is 0.625. The van der Waals surface area contributed by atoms with Crippen LogP contribution in [0.4, 0.5) is 0 Å². The van der Waals surface area contributed by atoms with Gasteiger partial charge in [0.25, 0.3) is 0 Å². The summed E-state index contributed by atoms with van der Waals surface area (Å²) in [5.74, 6) is 0.795. The molecule has 0 aromatic heterocycles. The second-order valence-corrected chi connectivity index (χ2v) is 2.52. The smallest absolute Gasteiger partial charge is 0.00461 e. The Kier molecular flexibility index (Phi) is 2.78. The minimum Gasteiger partial charge on any atom is -0.317 e. The van der Waals surface area contributed by atoms with E-state index in [0.717, 1.165) is 5.92 Å². The van der Waals surface area contributed by atoms with Gasteiger partial charge in [0.1, 0.15) is 0 Å². The molecule has 1 nitrogen and oxygen atoms in total. The van der Waals surface area contributed by atoms with Crippen LogP contribution in [-0.2, 0) is 0 Å². The Morgan fingerprint density at radius 1 is 1.33 bits per heavy atom. The molecule has 1 aliphatic heterocycles. The molecule has 1 N–H and O–H groups in total. The topological polar surface area (TPSA) is 12.0 Å². The maximum atomic E-state index is 3.68. The monoisotopic (exact) mass is 124 g/mol. The standard InChI is InChI=1S/C8H14N/c1-2-3-8-4-6-9-7-5-8/h2-3,8-9H,1,4-7H2. The molecule has 51 valence electrons. The highest BCUT2D eigenvalue weighted by atomic mass is 14.9. The third kappa shape index (κ3) is 2.19. The van der Waals surface area contributed by atoms with Gasteiger partial charge in [0, 0.05) is 0 Å². The summed E-state index contributed by atoms with van der Waals surface area (Å²) in [4.78, 5) is 0. The van der Waals surface area contributed by atoms with Crippen molar-refractivity contribution in [3.63, 3.8) is 0 Å². The molecule has 0 aromatic carbocycles. The van der Waals surface area contributed by atoms with Crippen molar-refractivity contribution in [3.05, 3.63) is 19.1 Å². The molecule has 0 spiro atoms. The van der Waals surface area contributed by atoms with Crippen molar-refractivity contribution in [1.82, 2.24) is 5.32 Å². The summed E-state index contributed by atoms with van der Waals surface area (Å²) < 4.78 is 0. The highest BCUT2D eigenvalue weighted by Gasteiger charge is 2.10.